The molecule has 2 heterocycles. The topological polar surface area (TPSA) is 106 Å². The summed E-state index contributed by atoms with van der Waals surface area (Å²) in [6, 6.07) is 7.63. The van der Waals surface area contributed by atoms with Gasteiger partial charge in [-0.05, 0) is 37.3 Å². The molecule has 0 spiro atoms. The zero-order valence-electron chi connectivity index (χ0n) is 15.5. The minimum atomic E-state index is -0.906. The summed E-state index contributed by atoms with van der Waals surface area (Å²) in [5, 5.41) is 7.87. The van der Waals surface area contributed by atoms with Gasteiger partial charge in [0.05, 0.1) is 16.8 Å². The number of aryl methyl sites for hydroxylation is 1. The Morgan fingerprint density at radius 3 is 2.61 bits per heavy atom. The van der Waals surface area contributed by atoms with Gasteiger partial charge in [-0.15, -0.1) is 0 Å². The highest BCUT2D eigenvalue weighted by Gasteiger charge is 2.26. The van der Waals surface area contributed by atoms with Crippen LogP contribution in [-0.2, 0) is 6.54 Å². The zero-order valence-corrected chi connectivity index (χ0v) is 16.3. The smallest absolute Gasteiger partial charge is 0.224 e. The van der Waals surface area contributed by atoms with E-state index in [1.165, 1.54) is 24.4 Å². The monoisotopic (exact) mass is 402 g/mol. The van der Waals surface area contributed by atoms with Crippen LogP contribution < -0.4 is 4.91 Å². The standard InChI is InChI=1S/C17H12ClFN5O2.C2H6/c1-9-14(13(26-23-9)8-22-24-20)12-6-7-21-17(19)15(12)16(25)10-2-4-11(18)5-3-10;1-2/h2-7,20H,8H2,1H3;1-2H3/q+1;. The van der Waals surface area contributed by atoms with Crippen LogP contribution in [0, 0.1) is 18.4 Å². The molecule has 9 heteroatoms. The van der Waals surface area contributed by atoms with E-state index in [-0.39, 0.29) is 29.0 Å². The molecule has 3 aromatic rings. The van der Waals surface area contributed by atoms with Crippen LogP contribution in [0.4, 0.5) is 4.39 Å². The number of aromatic nitrogens is 2. The van der Waals surface area contributed by atoms with Crippen molar-refractivity contribution in [1.29, 1.82) is 5.53 Å². The number of nitrogens with zero attached hydrogens (tertiary/aromatic N) is 4. The fourth-order valence-corrected chi connectivity index (χ4v) is 2.70. The number of nitrogens with one attached hydrogen (secondary N) is 1. The number of hydrogen-bond acceptors (Lipinski definition) is 6. The Labute approximate surface area is 165 Å². The Bertz CT molecular complexity index is 1030. The van der Waals surface area contributed by atoms with Crippen molar-refractivity contribution in [2.24, 2.45) is 5.11 Å². The van der Waals surface area contributed by atoms with E-state index < -0.39 is 11.7 Å². The van der Waals surface area contributed by atoms with Gasteiger partial charge in [0.25, 0.3) is 0 Å². The van der Waals surface area contributed by atoms with Crippen molar-refractivity contribution >= 4 is 17.4 Å². The first kappa shape index (κ1) is 21.1. The van der Waals surface area contributed by atoms with E-state index in [2.05, 4.69) is 20.2 Å². The number of halogens is 2. The van der Waals surface area contributed by atoms with Crippen molar-refractivity contribution in [2.45, 2.75) is 27.3 Å². The summed E-state index contributed by atoms with van der Waals surface area (Å²) < 4.78 is 19.7. The first-order valence-electron chi connectivity index (χ1n) is 8.46. The van der Waals surface area contributed by atoms with Crippen LogP contribution in [0.3, 0.4) is 0 Å². The van der Waals surface area contributed by atoms with E-state index in [9.17, 15) is 9.18 Å². The van der Waals surface area contributed by atoms with Crippen LogP contribution in [0.15, 0.2) is 46.2 Å². The normalized spacial score (nSPS) is 9.89. The first-order chi connectivity index (χ1) is 13.5. The minimum Gasteiger partial charge on any atom is -0.358 e. The maximum absolute atomic E-state index is 14.5. The lowest BCUT2D eigenvalue weighted by Gasteiger charge is -2.09. The fourth-order valence-electron chi connectivity index (χ4n) is 2.58. The summed E-state index contributed by atoms with van der Waals surface area (Å²) in [6.45, 7) is 5.60. The summed E-state index contributed by atoms with van der Waals surface area (Å²) >= 11 is 5.84. The Hall–Kier alpha value is -3.22. The van der Waals surface area contributed by atoms with Crippen molar-refractivity contribution < 1.29 is 13.7 Å². The van der Waals surface area contributed by atoms with Crippen LogP contribution in [-0.4, -0.2) is 15.9 Å². The van der Waals surface area contributed by atoms with Crippen LogP contribution in [0.1, 0.15) is 41.2 Å². The lowest BCUT2D eigenvalue weighted by molar-refractivity contribution is 0.103. The Morgan fingerprint density at radius 1 is 1.29 bits per heavy atom. The molecule has 1 N–H and O–H groups in total. The van der Waals surface area contributed by atoms with Gasteiger partial charge < -0.3 is 4.52 Å². The summed E-state index contributed by atoms with van der Waals surface area (Å²) in [7, 11) is 0. The number of carbonyl (C=O) groups excluding carboxylic acids is 1. The van der Waals surface area contributed by atoms with E-state index in [4.69, 9.17) is 21.7 Å². The molecule has 0 aliphatic rings. The highest BCUT2D eigenvalue weighted by atomic mass is 35.5. The summed E-state index contributed by atoms with van der Waals surface area (Å²) in [4.78, 5) is 19.4. The summed E-state index contributed by atoms with van der Waals surface area (Å²) in [6.07, 6.45) is 1.26. The van der Waals surface area contributed by atoms with Gasteiger partial charge in [0, 0.05) is 22.3 Å². The van der Waals surface area contributed by atoms with E-state index in [0.29, 0.717) is 16.3 Å². The lowest BCUT2D eigenvalue weighted by Crippen LogP contribution is -2.09. The molecule has 0 saturated heterocycles. The van der Waals surface area contributed by atoms with Crippen LogP contribution in [0.2, 0.25) is 5.02 Å². The molecule has 0 bridgehead atoms. The molecule has 0 saturated carbocycles. The van der Waals surface area contributed by atoms with Crippen LogP contribution in [0.25, 0.3) is 11.1 Å². The molecule has 2 aromatic heterocycles. The molecule has 0 aliphatic carbocycles. The van der Waals surface area contributed by atoms with Gasteiger partial charge in [0.2, 0.25) is 10.9 Å². The number of benzene rings is 1. The summed E-state index contributed by atoms with van der Waals surface area (Å²) in [5.41, 5.74) is 8.00. The van der Waals surface area contributed by atoms with Crippen molar-refractivity contribution in [1.82, 2.24) is 15.1 Å². The third-order valence-electron chi connectivity index (χ3n) is 3.73. The molecule has 0 radical (unpaired) electrons. The summed E-state index contributed by atoms with van der Waals surface area (Å²) in [5.74, 6) is -1.18. The lowest BCUT2D eigenvalue weighted by atomic mass is 9.94. The van der Waals surface area contributed by atoms with Gasteiger partial charge in [-0.2, -0.15) is 4.39 Å². The third-order valence-corrected chi connectivity index (χ3v) is 3.98. The van der Waals surface area contributed by atoms with E-state index in [1.54, 1.807) is 19.1 Å². The van der Waals surface area contributed by atoms with Crippen molar-refractivity contribution in [3.8, 4) is 11.1 Å². The van der Waals surface area contributed by atoms with E-state index in [1.807, 2.05) is 13.8 Å². The SMILES string of the molecule is CC.Cc1noc(CN=[N+]=N)c1-c1ccnc(F)c1C(=O)c1ccc(Cl)cc1. The average molecular weight is 403 g/mol. The fraction of sp³-hybridized carbons (Fsp3) is 0.211. The minimum absolute atomic E-state index is 0.0574. The van der Waals surface area contributed by atoms with Crippen LogP contribution in [0.5, 0.6) is 0 Å². The maximum Gasteiger partial charge on any atom is 0.224 e. The number of rotatable bonds is 5. The Kier molecular flexibility index (Phi) is 7.26. The largest absolute Gasteiger partial charge is 0.358 e. The molecule has 3 rings (SSSR count). The molecule has 144 valence electrons. The second-order valence-electron chi connectivity index (χ2n) is 5.33. The number of ketones is 1. The van der Waals surface area contributed by atoms with Gasteiger partial charge in [0.15, 0.2) is 18.1 Å². The Balaban J connectivity index is 0.00000136. The first-order valence-corrected chi connectivity index (χ1v) is 8.84. The molecule has 0 fully saturated rings. The second kappa shape index (κ2) is 9.64. The van der Waals surface area contributed by atoms with E-state index >= 15 is 0 Å². The number of hydrogen-bond donors (Lipinski definition) is 1. The molecule has 1 aromatic carbocycles. The predicted octanol–water partition coefficient (Wildman–Crippen LogP) is 5.15. The predicted molar refractivity (Wildman–Crippen MR) is 102 cm³/mol. The van der Waals surface area contributed by atoms with Crippen molar-refractivity contribution in [2.75, 3.05) is 0 Å². The number of carbonyl (C=O) groups is 1. The molecule has 0 atom stereocenters. The highest BCUT2D eigenvalue weighted by molar-refractivity contribution is 6.30. The highest BCUT2D eigenvalue weighted by Crippen LogP contribution is 2.32. The molecular formula is C19H18ClFN5O2+. The second-order valence-corrected chi connectivity index (χ2v) is 5.76. The van der Waals surface area contributed by atoms with Gasteiger partial charge in [-0.3, -0.25) is 4.79 Å². The van der Waals surface area contributed by atoms with E-state index in [0.717, 1.165) is 0 Å². The van der Waals surface area contributed by atoms with Gasteiger partial charge in [0.1, 0.15) is 10.6 Å². The molecule has 7 nitrogen and oxygen atoms in total. The van der Waals surface area contributed by atoms with Gasteiger partial charge in [-0.25, -0.2) is 4.98 Å². The number of pyridine rings is 1. The van der Waals surface area contributed by atoms with Crippen molar-refractivity contribution in [3.05, 3.63) is 70.1 Å². The van der Waals surface area contributed by atoms with Crippen molar-refractivity contribution in [3.63, 3.8) is 0 Å². The molecule has 0 unspecified atom stereocenters. The molecule has 0 amide bonds. The average Bonchev–Trinajstić information content (AvgIpc) is 3.08. The van der Waals surface area contributed by atoms with Gasteiger partial charge >= 0.3 is 0 Å². The molecule has 0 aliphatic heterocycles. The molecule has 28 heavy (non-hydrogen) atoms. The third kappa shape index (κ3) is 4.36. The zero-order chi connectivity index (χ0) is 20.7. The van der Waals surface area contributed by atoms with Crippen LogP contribution >= 0.6 is 11.6 Å². The molecular weight excluding hydrogens is 385 g/mol. The Morgan fingerprint density at radius 2 is 1.96 bits per heavy atom. The van der Waals surface area contributed by atoms with Gasteiger partial charge in [-0.1, -0.05) is 30.6 Å². The maximum atomic E-state index is 14.5. The quantitative estimate of drug-likeness (QED) is 0.276.